The highest BCUT2D eigenvalue weighted by Gasteiger charge is 2.25. The van der Waals surface area contributed by atoms with E-state index in [0.717, 1.165) is 24.4 Å². The fourth-order valence-electron chi connectivity index (χ4n) is 2.58. The summed E-state index contributed by atoms with van der Waals surface area (Å²) in [6.07, 6.45) is 1.61. The van der Waals surface area contributed by atoms with Crippen LogP contribution in [-0.2, 0) is 29.0 Å². The summed E-state index contributed by atoms with van der Waals surface area (Å²) in [5, 5.41) is 4.58. The van der Waals surface area contributed by atoms with Crippen molar-refractivity contribution in [2.75, 3.05) is 20.6 Å². The van der Waals surface area contributed by atoms with Crippen LogP contribution in [0.4, 0.5) is 4.79 Å². The van der Waals surface area contributed by atoms with Crippen molar-refractivity contribution >= 4 is 12.0 Å². The maximum Gasteiger partial charge on any atom is 0.410 e. The van der Waals surface area contributed by atoms with Crippen LogP contribution in [0, 0.1) is 0 Å². The van der Waals surface area contributed by atoms with E-state index in [0.29, 0.717) is 25.9 Å². The quantitative estimate of drug-likeness (QED) is 0.847. The van der Waals surface area contributed by atoms with E-state index >= 15 is 0 Å². The molecule has 0 saturated carbocycles. The summed E-state index contributed by atoms with van der Waals surface area (Å²) in [5.41, 5.74) is 1.39. The van der Waals surface area contributed by atoms with Crippen molar-refractivity contribution in [1.29, 1.82) is 0 Å². The molecule has 1 aliphatic heterocycles. The Labute approximate surface area is 143 Å². The average Bonchev–Trinajstić information content (AvgIpc) is 2.73. The first-order valence-electron chi connectivity index (χ1n) is 8.39. The Morgan fingerprint density at radius 1 is 1.29 bits per heavy atom. The number of nitrogens with zero attached hydrogens (tertiary/aromatic N) is 4. The second-order valence-electron chi connectivity index (χ2n) is 7.39. The van der Waals surface area contributed by atoms with Crippen molar-refractivity contribution in [2.45, 2.75) is 58.7 Å². The van der Waals surface area contributed by atoms with Crippen LogP contribution in [-0.4, -0.2) is 57.8 Å². The molecule has 134 valence electrons. The van der Waals surface area contributed by atoms with E-state index in [2.05, 4.69) is 5.10 Å². The van der Waals surface area contributed by atoms with E-state index in [4.69, 9.17) is 4.74 Å². The van der Waals surface area contributed by atoms with Gasteiger partial charge in [0.1, 0.15) is 5.60 Å². The van der Waals surface area contributed by atoms with Crippen LogP contribution >= 0.6 is 0 Å². The fourth-order valence-corrected chi connectivity index (χ4v) is 2.58. The van der Waals surface area contributed by atoms with Crippen molar-refractivity contribution in [3.05, 3.63) is 17.5 Å². The van der Waals surface area contributed by atoms with Crippen LogP contribution < -0.4 is 0 Å². The topological polar surface area (TPSA) is 67.7 Å². The lowest BCUT2D eigenvalue weighted by molar-refractivity contribution is -0.128. The van der Waals surface area contributed by atoms with Crippen LogP contribution in [0.2, 0.25) is 0 Å². The lowest BCUT2D eigenvalue weighted by Gasteiger charge is -2.26. The predicted octanol–water partition coefficient (Wildman–Crippen LogP) is 2.04. The highest BCUT2D eigenvalue weighted by atomic mass is 16.6. The number of ether oxygens (including phenoxy) is 1. The van der Waals surface area contributed by atoms with Gasteiger partial charge in [0.15, 0.2) is 0 Å². The normalized spacial score (nSPS) is 14.8. The number of carbonyl (C=O) groups excluding carboxylic acids is 2. The summed E-state index contributed by atoms with van der Waals surface area (Å²) < 4.78 is 7.41. The molecule has 1 aromatic heterocycles. The third-order valence-corrected chi connectivity index (χ3v) is 3.81. The van der Waals surface area contributed by atoms with E-state index in [-0.39, 0.29) is 12.0 Å². The number of fused-ring (bicyclic) bond motifs is 1. The second kappa shape index (κ2) is 7.23. The van der Waals surface area contributed by atoms with Gasteiger partial charge in [-0.25, -0.2) is 4.79 Å². The van der Waals surface area contributed by atoms with Gasteiger partial charge < -0.3 is 14.5 Å². The Kier molecular flexibility index (Phi) is 5.51. The molecule has 7 nitrogen and oxygen atoms in total. The lowest BCUT2D eigenvalue weighted by atomic mass is 10.2. The van der Waals surface area contributed by atoms with Crippen molar-refractivity contribution in [2.24, 2.45) is 0 Å². The second-order valence-corrected chi connectivity index (χ2v) is 7.39. The van der Waals surface area contributed by atoms with Gasteiger partial charge >= 0.3 is 6.09 Å². The van der Waals surface area contributed by atoms with Gasteiger partial charge in [0.25, 0.3) is 0 Å². The highest BCUT2D eigenvalue weighted by Crippen LogP contribution is 2.18. The van der Waals surface area contributed by atoms with Crippen LogP contribution in [0.15, 0.2) is 6.07 Å². The molecule has 2 heterocycles. The Morgan fingerprint density at radius 2 is 2.00 bits per heavy atom. The Hall–Kier alpha value is -2.05. The molecule has 1 aromatic rings. The van der Waals surface area contributed by atoms with E-state index in [1.54, 1.807) is 23.9 Å². The van der Waals surface area contributed by atoms with E-state index in [1.807, 2.05) is 31.5 Å². The third-order valence-electron chi connectivity index (χ3n) is 3.81. The molecule has 0 saturated heterocycles. The minimum Gasteiger partial charge on any atom is -0.444 e. The Morgan fingerprint density at radius 3 is 2.62 bits per heavy atom. The molecule has 7 heteroatoms. The van der Waals surface area contributed by atoms with Crippen molar-refractivity contribution in [3.63, 3.8) is 0 Å². The first-order valence-corrected chi connectivity index (χ1v) is 8.39. The molecule has 0 atom stereocenters. The van der Waals surface area contributed by atoms with Gasteiger partial charge in [-0.1, -0.05) is 0 Å². The minimum absolute atomic E-state index is 0.0913. The number of hydrogen-bond donors (Lipinski definition) is 0. The number of carbonyl (C=O) groups is 2. The SMILES string of the molecule is CN(C)C(=O)CCc1cc2n(n1)CCCN(C(=O)OC(C)(C)C)C2. The predicted molar refractivity (Wildman–Crippen MR) is 90.5 cm³/mol. The molecular weight excluding hydrogens is 308 g/mol. The maximum atomic E-state index is 12.3. The maximum absolute atomic E-state index is 12.3. The molecule has 1 aliphatic rings. The summed E-state index contributed by atoms with van der Waals surface area (Å²) in [6, 6.07) is 1.99. The van der Waals surface area contributed by atoms with E-state index < -0.39 is 5.60 Å². The molecule has 0 bridgehead atoms. The zero-order valence-electron chi connectivity index (χ0n) is 15.3. The standard InChI is InChI=1S/C17H28N4O3/c1-17(2,3)24-16(23)20-9-6-10-21-14(12-20)11-13(18-21)7-8-15(22)19(4)5/h11H,6-10,12H2,1-5H3. The number of aryl methyl sites for hydroxylation is 2. The van der Waals surface area contributed by atoms with Gasteiger partial charge in [-0.15, -0.1) is 0 Å². The molecule has 0 radical (unpaired) electrons. The summed E-state index contributed by atoms with van der Waals surface area (Å²) in [7, 11) is 3.51. The third kappa shape index (κ3) is 4.97. The summed E-state index contributed by atoms with van der Waals surface area (Å²) in [4.78, 5) is 27.3. The van der Waals surface area contributed by atoms with Gasteiger partial charge in [-0.05, 0) is 33.3 Å². The van der Waals surface area contributed by atoms with Crippen LogP contribution in [0.1, 0.15) is 45.0 Å². The largest absolute Gasteiger partial charge is 0.444 e. The summed E-state index contributed by atoms with van der Waals surface area (Å²) in [5.74, 6) is 0.0913. The van der Waals surface area contributed by atoms with E-state index in [1.165, 1.54) is 0 Å². The average molecular weight is 336 g/mol. The molecule has 2 amide bonds. The number of amides is 2. The number of hydrogen-bond acceptors (Lipinski definition) is 4. The molecule has 0 fully saturated rings. The first-order chi connectivity index (χ1) is 11.2. The molecule has 0 aliphatic carbocycles. The van der Waals surface area contributed by atoms with Gasteiger partial charge in [0.2, 0.25) is 5.91 Å². The first kappa shape index (κ1) is 18.3. The zero-order chi connectivity index (χ0) is 17.9. The molecule has 2 rings (SSSR count). The van der Waals surface area contributed by atoms with Crippen LogP contribution in [0.5, 0.6) is 0 Å². The van der Waals surface area contributed by atoms with Crippen LogP contribution in [0.3, 0.4) is 0 Å². The molecule has 0 spiro atoms. The summed E-state index contributed by atoms with van der Waals surface area (Å²) in [6.45, 7) is 7.53. The van der Waals surface area contributed by atoms with Crippen molar-refractivity contribution in [3.8, 4) is 0 Å². The lowest BCUT2D eigenvalue weighted by Crippen LogP contribution is -2.36. The van der Waals surface area contributed by atoms with E-state index in [9.17, 15) is 9.59 Å². The minimum atomic E-state index is -0.499. The molecule has 0 unspecified atom stereocenters. The number of aromatic nitrogens is 2. The fraction of sp³-hybridized carbons (Fsp3) is 0.706. The Balaban J connectivity index is 2.02. The van der Waals surface area contributed by atoms with Crippen LogP contribution in [0.25, 0.3) is 0 Å². The number of rotatable bonds is 3. The molecule has 0 N–H and O–H groups in total. The molecule has 24 heavy (non-hydrogen) atoms. The monoisotopic (exact) mass is 336 g/mol. The van der Waals surface area contributed by atoms with Gasteiger partial charge in [-0.3, -0.25) is 9.48 Å². The summed E-state index contributed by atoms with van der Waals surface area (Å²) >= 11 is 0. The smallest absolute Gasteiger partial charge is 0.410 e. The van der Waals surface area contributed by atoms with Crippen molar-refractivity contribution in [1.82, 2.24) is 19.6 Å². The van der Waals surface area contributed by atoms with Gasteiger partial charge in [0, 0.05) is 40.0 Å². The molecule has 0 aromatic carbocycles. The highest BCUT2D eigenvalue weighted by molar-refractivity contribution is 5.75. The molecular formula is C17H28N4O3. The zero-order valence-corrected chi connectivity index (χ0v) is 15.3. The van der Waals surface area contributed by atoms with Gasteiger partial charge in [-0.2, -0.15) is 5.10 Å². The van der Waals surface area contributed by atoms with Gasteiger partial charge in [0.05, 0.1) is 17.9 Å². The Bertz CT molecular complexity index is 601. The van der Waals surface area contributed by atoms with Crippen molar-refractivity contribution < 1.29 is 14.3 Å².